The molecule has 0 saturated carbocycles. The summed E-state index contributed by atoms with van der Waals surface area (Å²) in [5, 5.41) is 3.44. The molecule has 138 valence electrons. The number of nitrogens with one attached hydrogen (secondary N) is 1. The van der Waals surface area contributed by atoms with Crippen LogP contribution < -0.4 is 5.32 Å². The molecule has 26 heavy (non-hydrogen) atoms. The van der Waals surface area contributed by atoms with Crippen molar-refractivity contribution in [3.63, 3.8) is 0 Å². The number of hydrogen-bond donors (Lipinski definition) is 1. The lowest BCUT2D eigenvalue weighted by Gasteiger charge is -2.18. The lowest BCUT2D eigenvalue weighted by molar-refractivity contribution is -0.111. The van der Waals surface area contributed by atoms with Crippen LogP contribution in [0.5, 0.6) is 0 Å². The minimum atomic E-state index is -0.343. The second-order valence-electron chi connectivity index (χ2n) is 6.53. The number of amides is 1. The van der Waals surface area contributed by atoms with Crippen molar-refractivity contribution < 1.29 is 18.7 Å². The number of furan rings is 1. The van der Waals surface area contributed by atoms with Crippen molar-refractivity contribution in [2.24, 2.45) is 5.92 Å². The number of anilines is 1. The maximum atomic E-state index is 12.6. The van der Waals surface area contributed by atoms with E-state index in [2.05, 4.69) is 12.2 Å². The highest BCUT2D eigenvalue weighted by atomic mass is 32.1. The second kappa shape index (κ2) is 8.36. The molecular weight excluding hydrogens is 350 g/mol. The summed E-state index contributed by atoms with van der Waals surface area (Å²) in [4.78, 5) is 26.0. The van der Waals surface area contributed by atoms with Gasteiger partial charge in [0, 0.05) is 11.0 Å². The zero-order chi connectivity index (χ0) is 18.5. The highest BCUT2D eigenvalue weighted by Gasteiger charge is 2.28. The number of hydrogen-bond acceptors (Lipinski definition) is 5. The molecule has 0 radical (unpaired) electrons. The van der Waals surface area contributed by atoms with Crippen molar-refractivity contribution in [2.75, 3.05) is 11.9 Å². The summed E-state index contributed by atoms with van der Waals surface area (Å²) in [7, 11) is 0. The Morgan fingerprint density at radius 2 is 2.31 bits per heavy atom. The van der Waals surface area contributed by atoms with E-state index >= 15 is 0 Å². The van der Waals surface area contributed by atoms with Gasteiger partial charge in [-0.05, 0) is 55.4 Å². The van der Waals surface area contributed by atoms with Gasteiger partial charge in [-0.25, -0.2) is 4.79 Å². The van der Waals surface area contributed by atoms with Gasteiger partial charge in [0.25, 0.3) is 0 Å². The SMILES string of the molecule is CCCOC(=O)c1c(NC(=O)/C=C/c2ccco2)sc2c1CC[C@@H](C)C2. The lowest BCUT2D eigenvalue weighted by atomic mass is 9.88. The fourth-order valence-electron chi connectivity index (χ4n) is 3.02. The molecule has 0 unspecified atom stereocenters. The maximum absolute atomic E-state index is 12.6. The van der Waals surface area contributed by atoms with Gasteiger partial charge in [0.2, 0.25) is 5.91 Å². The van der Waals surface area contributed by atoms with Gasteiger partial charge in [-0.3, -0.25) is 4.79 Å². The highest BCUT2D eigenvalue weighted by molar-refractivity contribution is 7.17. The summed E-state index contributed by atoms with van der Waals surface area (Å²) in [6, 6.07) is 3.52. The van der Waals surface area contributed by atoms with E-state index in [0.717, 1.165) is 31.2 Å². The molecule has 2 heterocycles. The number of rotatable bonds is 6. The third-order valence-corrected chi connectivity index (χ3v) is 5.50. The van der Waals surface area contributed by atoms with Gasteiger partial charge in [0.05, 0.1) is 18.4 Å². The van der Waals surface area contributed by atoms with Crippen LogP contribution in [0.4, 0.5) is 5.00 Å². The van der Waals surface area contributed by atoms with Crippen LogP contribution in [0.2, 0.25) is 0 Å². The first-order chi connectivity index (χ1) is 12.6. The standard InChI is InChI=1S/C20H23NO4S/c1-3-10-25-20(23)18-15-8-6-13(2)12-16(15)26-19(18)21-17(22)9-7-14-5-4-11-24-14/h4-5,7,9,11,13H,3,6,8,10,12H2,1-2H3,(H,21,22)/b9-7+/t13-/m1/s1. The Morgan fingerprint density at radius 1 is 1.46 bits per heavy atom. The van der Waals surface area contributed by atoms with Gasteiger partial charge in [0.15, 0.2) is 0 Å². The largest absolute Gasteiger partial charge is 0.465 e. The van der Waals surface area contributed by atoms with E-state index in [1.165, 1.54) is 22.3 Å². The van der Waals surface area contributed by atoms with E-state index in [9.17, 15) is 9.59 Å². The van der Waals surface area contributed by atoms with Crippen molar-refractivity contribution in [1.29, 1.82) is 0 Å². The van der Waals surface area contributed by atoms with Gasteiger partial charge in [0.1, 0.15) is 10.8 Å². The van der Waals surface area contributed by atoms with Crippen LogP contribution in [-0.2, 0) is 22.4 Å². The third-order valence-electron chi connectivity index (χ3n) is 4.33. The van der Waals surface area contributed by atoms with Crippen molar-refractivity contribution in [1.82, 2.24) is 0 Å². The molecule has 0 spiro atoms. The smallest absolute Gasteiger partial charge is 0.341 e. The van der Waals surface area contributed by atoms with Gasteiger partial charge < -0.3 is 14.5 Å². The van der Waals surface area contributed by atoms with Gasteiger partial charge >= 0.3 is 5.97 Å². The topological polar surface area (TPSA) is 68.5 Å². The molecular formula is C20H23NO4S. The van der Waals surface area contributed by atoms with E-state index in [4.69, 9.17) is 9.15 Å². The Balaban J connectivity index is 1.83. The Kier molecular flexibility index (Phi) is 5.93. The number of esters is 1. The quantitative estimate of drug-likeness (QED) is 0.589. The van der Waals surface area contributed by atoms with Crippen molar-refractivity contribution in [2.45, 2.75) is 39.5 Å². The number of thiophene rings is 1. The fraction of sp³-hybridized carbons (Fsp3) is 0.400. The van der Waals surface area contributed by atoms with Crippen LogP contribution in [0.3, 0.4) is 0 Å². The summed E-state index contributed by atoms with van der Waals surface area (Å²) in [5.74, 6) is 0.548. The molecule has 0 bridgehead atoms. The molecule has 1 atom stereocenters. The predicted molar refractivity (Wildman–Crippen MR) is 102 cm³/mol. The van der Waals surface area contributed by atoms with E-state index in [1.54, 1.807) is 24.5 Å². The van der Waals surface area contributed by atoms with Crippen molar-refractivity contribution in [3.05, 3.63) is 46.2 Å². The maximum Gasteiger partial charge on any atom is 0.341 e. The van der Waals surface area contributed by atoms with Crippen LogP contribution >= 0.6 is 11.3 Å². The van der Waals surface area contributed by atoms with E-state index in [-0.39, 0.29) is 11.9 Å². The molecule has 1 aliphatic carbocycles. The zero-order valence-electron chi connectivity index (χ0n) is 15.0. The average molecular weight is 373 g/mol. The normalized spacial score (nSPS) is 16.5. The monoisotopic (exact) mass is 373 g/mol. The fourth-order valence-corrected chi connectivity index (χ4v) is 4.42. The first-order valence-electron chi connectivity index (χ1n) is 8.92. The van der Waals surface area contributed by atoms with Crippen LogP contribution in [0, 0.1) is 5.92 Å². The molecule has 1 N–H and O–H groups in total. The van der Waals surface area contributed by atoms with Gasteiger partial charge in [-0.1, -0.05) is 13.8 Å². The first-order valence-corrected chi connectivity index (χ1v) is 9.74. The Morgan fingerprint density at radius 3 is 3.04 bits per heavy atom. The van der Waals surface area contributed by atoms with Crippen molar-refractivity contribution >= 4 is 34.3 Å². The molecule has 0 fully saturated rings. The highest BCUT2D eigenvalue weighted by Crippen LogP contribution is 2.40. The minimum absolute atomic E-state index is 0.294. The number of carbonyl (C=O) groups is 2. The zero-order valence-corrected chi connectivity index (χ0v) is 15.9. The molecule has 5 nitrogen and oxygen atoms in total. The summed E-state index contributed by atoms with van der Waals surface area (Å²) in [6.07, 6.45) is 8.15. The van der Waals surface area contributed by atoms with Gasteiger partial charge in [-0.15, -0.1) is 11.3 Å². The average Bonchev–Trinajstić information content (AvgIpc) is 3.24. The van der Waals surface area contributed by atoms with Crippen LogP contribution in [0.1, 0.15) is 53.2 Å². The van der Waals surface area contributed by atoms with E-state index < -0.39 is 0 Å². The number of fused-ring (bicyclic) bond motifs is 1. The Bertz CT molecular complexity index is 804. The molecule has 0 aliphatic heterocycles. The van der Waals surface area contributed by atoms with E-state index in [1.807, 2.05) is 6.92 Å². The third kappa shape index (κ3) is 4.25. The van der Waals surface area contributed by atoms with Crippen LogP contribution in [0.25, 0.3) is 6.08 Å². The molecule has 2 aromatic heterocycles. The Hall–Kier alpha value is -2.34. The molecule has 2 aromatic rings. The first kappa shape index (κ1) is 18.5. The summed E-state index contributed by atoms with van der Waals surface area (Å²) < 4.78 is 10.5. The molecule has 6 heteroatoms. The van der Waals surface area contributed by atoms with Crippen LogP contribution in [0.15, 0.2) is 28.9 Å². The molecule has 3 rings (SSSR count). The predicted octanol–water partition coefficient (Wildman–Crippen LogP) is 4.68. The molecule has 1 aliphatic rings. The summed E-state index contributed by atoms with van der Waals surface area (Å²) in [6.45, 7) is 4.55. The number of carbonyl (C=O) groups excluding carboxylic acids is 2. The molecule has 1 amide bonds. The van der Waals surface area contributed by atoms with Crippen LogP contribution in [-0.4, -0.2) is 18.5 Å². The summed E-state index contributed by atoms with van der Waals surface area (Å²) >= 11 is 1.49. The van der Waals surface area contributed by atoms with Crippen molar-refractivity contribution in [3.8, 4) is 0 Å². The van der Waals surface area contributed by atoms with E-state index in [0.29, 0.717) is 28.8 Å². The molecule has 0 saturated heterocycles. The lowest BCUT2D eigenvalue weighted by Crippen LogP contribution is -2.16. The number of ether oxygens (including phenoxy) is 1. The van der Waals surface area contributed by atoms with Gasteiger partial charge in [-0.2, -0.15) is 0 Å². The second-order valence-corrected chi connectivity index (χ2v) is 7.63. The minimum Gasteiger partial charge on any atom is -0.465 e. The summed E-state index contributed by atoms with van der Waals surface area (Å²) in [5.41, 5.74) is 1.57. The Labute approximate surface area is 157 Å². The molecule has 0 aromatic carbocycles.